The summed E-state index contributed by atoms with van der Waals surface area (Å²) in [5.74, 6) is -1.15. The van der Waals surface area contributed by atoms with Gasteiger partial charge in [-0.1, -0.05) is 50.3 Å². The number of nitrogens with zero attached hydrogens (tertiary/aromatic N) is 1. The van der Waals surface area contributed by atoms with Crippen LogP contribution in [0.2, 0.25) is 0 Å². The number of esters is 1. The van der Waals surface area contributed by atoms with Crippen LogP contribution in [0, 0.1) is 22.7 Å². The standard InChI is InChI=1S/C28H39NO5S/c1-5-34-24(30)20(2)28(31)18-22-11-13-27(28,25(22,3)4)19-35(32,33)29-16-14-26(15-17-29)12-10-21-8-6-7-9-23(21)26/h6-10,12,20,22,31H,5,11,13-19H2,1-4H3/t20?,22?,27-,28-/m0/s1. The van der Waals surface area contributed by atoms with Crippen LogP contribution in [-0.2, 0) is 25.0 Å². The zero-order valence-electron chi connectivity index (χ0n) is 21.4. The Balaban J connectivity index is 1.40. The molecule has 0 radical (unpaired) electrons. The Bertz CT molecular complexity index is 1150. The average Bonchev–Trinajstić information content (AvgIpc) is 3.35. The van der Waals surface area contributed by atoms with E-state index in [9.17, 15) is 18.3 Å². The maximum atomic E-state index is 13.9. The van der Waals surface area contributed by atoms with Gasteiger partial charge in [-0.15, -0.1) is 0 Å². The number of aliphatic hydroxyl groups is 1. The molecule has 35 heavy (non-hydrogen) atoms. The number of sulfonamides is 1. The first-order valence-corrected chi connectivity index (χ1v) is 14.7. The van der Waals surface area contributed by atoms with Crippen molar-refractivity contribution in [1.29, 1.82) is 0 Å². The lowest BCUT2D eigenvalue weighted by Gasteiger charge is -2.50. The first-order valence-electron chi connectivity index (χ1n) is 13.1. The second-order valence-electron chi connectivity index (χ2n) is 11.9. The van der Waals surface area contributed by atoms with Gasteiger partial charge in [0, 0.05) is 23.9 Å². The number of benzene rings is 1. The van der Waals surface area contributed by atoms with Crippen molar-refractivity contribution < 1.29 is 23.1 Å². The third-order valence-corrected chi connectivity index (χ3v) is 12.4. The van der Waals surface area contributed by atoms with Crippen LogP contribution in [-0.4, -0.2) is 54.8 Å². The fraction of sp³-hybridized carbons (Fsp3) is 0.679. The van der Waals surface area contributed by atoms with Gasteiger partial charge in [0.05, 0.1) is 23.9 Å². The van der Waals surface area contributed by atoms with E-state index in [0.717, 1.165) is 19.3 Å². The normalized spacial score (nSPS) is 33.7. The molecule has 1 aromatic carbocycles. The summed E-state index contributed by atoms with van der Waals surface area (Å²) in [6.07, 6.45) is 7.85. The van der Waals surface area contributed by atoms with Gasteiger partial charge in [0.2, 0.25) is 10.0 Å². The number of fused-ring (bicyclic) bond motifs is 4. The molecule has 7 heteroatoms. The fourth-order valence-electron chi connectivity index (χ4n) is 8.07. The molecule has 4 aliphatic rings. The van der Waals surface area contributed by atoms with Crippen LogP contribution in [0.25, 0.3) is 6.08 Å². The summed E-state index contributed by atoms with van der Waals surface area (Å²) in [5, 5.41) is 12.1. The van der Waals surface area contributed by atoms with Gasteiger partial charge in [0.1, 0.15) is 0 Å². The van der Waals surface area contributed by atoms with E-state index in [1.807, 2.05) is 6.07 Å². The van der Waals surface area contributed by atoms with Crippen LogP contribution in [0.1, 0.15) is 70.9 Å². The van der Waals surface area contributed by atoms with E-state index < -0.39 is 32.9 Å². The highest BCUT2D eigenvalue weighted by molar-refractivity contribution is 7.89. The number of hydrogen-bond donors (Lipinski definition) is 1. The molecule has 1 aromatic rings. The Morgan fingerprint density at radius 2 is 1.89 bits per heavy atom. The second-order valence-corrected chi connectivity index (χ2v) is 13.8. The Kier molecular flexibility index (Phi) is 5.82. The van der Waals surface area contributed by atoms with E-state index in [4.69, 9.17) is 4.74 Å². The summed E-state index contributed by atoms with van der Waals surface area (Å²) < 4.78 is 34.8. The molecule has 2 unspecified atom stereocenters. The fourth-order valence-corrected chi connectivity index (χ4v) is 10.4. The largest absolute Gasteiger partial charge is 0.466 e. The van der Waals surface area contributed by atoms with E-state index in [-0.39, 0.29) is 29.1 Å². The Labute approximate surface area is 209 Å². The summed E-state index contributed by atoms with van der Waals surface area (Å²) in [4.78, 5) is 12.7. The number of hydrogen-bond acceptors (Lipinski definition) is 5. The summed E-state index contributed by atoms with van der Waals surface area (Å²) in [6.45, 7) is 8.80. The lowest BCUT2D eigenvalue weighted by Crippen LogP contribution is -2.60. The number of allylic oxidation sites excluding steroid dienone is 1. The van der Waals surface area contributed by atoms with Crippen molar-refractivity contribution in [3.63, 3.8) is 0 Å². The summed E-state index contributed by atoms with van der Waals surface area (Å²) >= 11 is 0. The van der Waals surface area contributed by atoms with Crippen molar-refractivity contribution >= 4 is 22.1 Å². The molecule has 1 aliphatic heterocycles. The molecule has 3 fully saturated rings. The van der Waals surface area contributed by atoms with Gasteiger partial charge in [-0.2, -0.15) is 0 Å². The van der Waals surface area contributed by atoms with Gasteiger partial charge in [-0.3, -0.25) is 4.79 Å². The predicted molar refractivity (Wildman–Crippen MR) is 136 cm³/mol. The average molecular weight is 502 g/mol. The van der Waals surface area contributed by atoms with Crippen molar-refractivity contribution in [3.8, 4) is 0 Å². The van der Waals surface area contributed by atoms with Crippen molar-refractivity contribution in [2.24, 2.45) is 22.7 Å². The van der Waals surface area contributed by atoms with E-state index in [0.29, 0.717) is 25.9 Å². The van der Waals surface area contributed by atoms with Crippen molar-refractivity contribution in [1.82, 2.24) is 4.31 Å². The number of carbonyl (C=O) groups excluding carboxylic acids is 1. The number of carbonyl (C=O) groups is 1. The van der Waals surface area contributed by atoms with Crippen LogP contribution >= 0.6 is 0 Å². The van der Waals surface area contributed by atoms with Crippen LogP contribution in [0.4, 0.5) is 0 Å². The van der Waals surface area contributed by atoms with Gasteiger partial charge in [-0.05, 0) is 68.4 Å². The Hall–Kier alpha value is -1.70. The van der Waals surface area contributed by atoms with E-state index in [1.54, 1.807) is 18.2 Å². The first-order chi connectivity index (χ1) is 16.4. The lowest BCUT2D eigenvalue weighted by molar-refractivity contribution is -0.172. The molecule has 1 N–H and O–H groups in total. The zero-order valence-corrected chi connectivity index (χ0v) is 22.2. The molecule has 6 nitrogen and oxygen atoms in total. The van der Waals surface area contributed by atoms with Crippen LogP contribution in [0.5, 0.6) is 0 Å². The van der Waals surface area contributed by atoms with Crippen LogP contribution in [0.15, 0.2) is 30.3 Å². The first kappa shape index (κ1) is 25.0. The highest BCUT2D eigenvalue weighted by atomic mass is 32.2. The SMILES string of the molecule is CCOC(=O)C(C)[C@@]1(O)CC2CC[C@]1(CS(=O)(=O)N1CCC3(C=Cc4ccccc43)CC1)C2(C)C. The van der Waals surface area contributed by atoms with E-state index in [1.165, 1.54) is 11.1 Å². The van der Waals surface area contributed by atoms with Gasteiger partial charge < -0.3 is 9.84 Å². The minimum absolute atomic E-state index is 0.0921. The second kappa shape index (κ2) is 8.15. The number of ether oxygens (including phenoxy) is 1. The molecular weight excluding hydrogens is 462 g/mol. The summed E-state index contributed by atoms with van der Waals surface area (Å²) in [6, 6.07) is 8.37. The molecule has 1 heterocycles. The maximum absolute atomic E-state index is 13.9. The molecule has 192 valence electrons. The molecule has 2 bridgehead atoms. The van der Waals surface area contributed by atoms with Gasteiger partial charge in [0.25, 0.3) is 0 Å². The van der Waals surface area contributed by atoms with Gasteiger partial charge in [-0.25, -0.2) is 12.7 Å². The number of rotatable bonds is 6. The molecule has 4 atom stereocenters. The zero-order chi connectivity index (χ0) is 25.3. The van der Waals surface area contributed by atoms with Crippen LogP contribution in [0.3, 0.4) is 0 Å². The van der Waals surface area contributed by atoms with E-state index in [2.05, 4.69) is 44.2 Å². The highest BCUT2D eigenvalue weighted by Gasteiger charge is 2.74. The molecule has 2 saturated carbocycles. The summed E-state index contributed by atoms with van der Waals surface area (Å²) in [7, 11) is -3.65. The topological polar surface area (TPSA) is 83.9 Å². The van der Waals surface area contributed by atoms with Crippen LogP contribution < -0.4 is 0 Å². The molecule has 0 amide bonds. The molecule has 5 rings (SSSR count). The third kappa shape index (κ3) is 3.41. The van der Waals surface area contributed by atoms with Crippen molar-refractivity contribution in [2.45, 2.75) is 70.8 Å². The monoisotopic (exact) mass is 501 g/mol. The molecule has 1 spiro atoms. The van der Waals surface area contributed by atoms with Crippen molar-refractivity contribution in [2.75, 3.05) is 25.4 Å². The molecular formula is C28H39NO5S. The Morgan fingerprint density at radius 3 is 2.54 bits per heavy atom. The Morgan fingerprint density at radius 1 is 1.20 bits per heavy atom. The van der Waals surface area contributed by atoms with Gasteiger partial charge in [0.15, 0.2) is 0 Å². The number of piperidine rings is 1. The predicted octanol–water partition coefficient (Wildman–Crippen LogP) is 4.13. The highest BCUT2D eigenvalue weighted by Crippen LogP contribution is 2.72. The molecule has 3 aliphatic carbocycles. The minimum atomic E-state index is -3.65. The van der Waals surface area contributed by atoms with Crippen molar-refractivity contribution in [3.05, 3.63) is 41.5 Å². The summed E-state index contributed by atoms with van der Waals surface area (Å²) in [5.41, 5.74) is -0.243. The molecule has 0 aromatic heterocycles. The molecule has 1 saturated heterocycles. The maximum Gasteiger partial charge on any atom is 0.311 e. The lowest BCUT2D eigenvalue weighted by atomic mass is 9.60. The van der Waals surface area contributed by atoms with E-state index >= 15 is 0 Å². The third-order valence-electron chi connectivity index (χ3n) is 10.4. The van der Waals surface area contributed by atoms with Gasteiger partial charge >= 0.3 is 5.97 Å². The smallest absolute Gasteiger partial charge is 0.311 e. The minimum Gasteiger partial charge on any atom is -0.466 e. The quantitative estimate of drug-likeness (QED) is 0.593.